The van der Waals surface area contributed by atoms with E-state index in [0.717, 1.165) is 15.6 Å². The first-order valence-corrected chi connectivity index (χ1v) is 14.5. The number of carboxylic acid groups (broad SMARTS) is 1. The topological polar surface area (TPSA) is 144 Å². The van der Waals surface area contributed by atoms with Gasteiger partial charge in [0.2, 0.25) is 15.7 Å². The van der Waals surface area contributed by atoms with Gasteiger partial charge in [0, 0.05) is 5.69 Å². The number of carbonyl (C=O) groups is 2. The van der Waals surface area contributed by atoms with Gasteiger partial charge in [-0.25, -0.2) is 9.78 Å². The molecule has 0 saturated heterocycles. The molecule has 40 heavy (non-hydrogen) atoms. The highest BCUT2D eigenvalue weighted by Crippen LogP contribution is 2.42. The molecule has 1 aromatic carbocycles. The van der Waals surface area contributed by atoms with Crippen LogP contribution in [0.25, 0.3) is 0 Å². The largest absolute Gasteiger partial charge is 0.486 e. The van der Waals surface area contributed by atoms with E-state index >= 15 is 0 Å². The first kappa shape index (κ1) is 31.3. The Labute approximate surface area is 233 Å². The molecule has 1 aliphatic rings. The minimum absolute atomic E-state index is 0.0186. The molecule has 222 valence electrons. The second-order valence-corrected chi connectivity index (χ2v) is 12.3. The molecule has 11 nitrogen and oxygen atoms in total. The molecule has 16 heteroatoms. The van der Waals surface area contributed by atoms with Gasteiger partial charge in [-0.3, -0.25) is 14.4 Å². The number of hydrogen-bond donors (Lipinski definition) is 2. The number of alkyl halides is 3. The number of thiazole rings is 1. The normalized spacial score (nSPS) is 16.5. The van der Waals surface area contributed by atoms with Gasteiger partial charge in [0.25, 0.3) is 10.0 Å². The number of fused-ring (bicyclic) bond motifs is 1. The molecule has 0 radical (unpaired) electrons. The average Bonchev–Trinajstić information content (AvgIpc) is 3.26. The molecule has 0 spiro atoms. The second kappa shape index (κ2) is 11.7. The van der Waals surface area contributed by atoms with Crippen LogP contribution in [-0.2, 0) is 26.0 Å². The van der Waals surface area contributed by atoms with Crippen LogP contribution in [0.1, 0.15) is 46.0 Å². The summed E-state index contributed by atoms with van der Waals surface area (Å²) in [6, 6.07) is 3.82. The molecule has 1 amide bonds. The van der Waals surface area contributed by atoms with Gasteiger partial charge in [0.15, 0.2) is 0 Å². The maximum absolute atomic E-state index is 14.0. The summed E-state index contributed by atoms with van der Waals surface area (Å²) in [4.78, 5) is 27.9. The van der Waals surface area contributed by atoms with Crippen molar-refractivity contribution >= 4 is 44.8 Å². The molecule has 1 aromatic heterocycles. The maximum Gasteiger partial charge on any atom is 0.427 e. The van der Waals surface area contributed by atoms with Crippen molar-refractivity contribution in [2.45, 2.75) is 70.4 Å². The van der Waals surface area contributed by atoms with Gasteiger partial charge in [-0.15, -0.1) is 0 Å². The summed E-state index contributed by atoms with van der Waals surface area (Å²) in [6.07, 6.45) is -6.67. The van der Waals surface area contributed by atoms with Gasteiger partial charge in [-0.2, -0.15) is 21.6 Å². The Hall–Kier alpha value is -3.27. The number of aryl methyl sites for hydroxylation is 1. The van der Waals surface area contributed by atoms with Crippen LogP contribution in [0.5, 0.6) is 10.8 Å². The number of benzene rings is 1. The van der Waals surface area contributed by atoms with E-state index in [2.05, 4.69) is 15.0 Å². The zero-order chi connectivity index (χ0) is 30.0. The van der Waals surface area contributed by atoms with Gasteiger partial charge >= 0.3 is 18.2 Å². The summed E-state index contributed by atoms with van der Waals surface area (Å²) >= 11 is 1.08. The van der Waals surface area contributed by atoms with Gasteiger partial charge < -0.3 is 19.3 Å². The third-order valence-electron chi connectivity index (χ3n) is 5.93. The summed E-state index contributed by atoms with van der Waals surface area (Å²) in [6.45, 7) is 6.20. The molecular weight excluding hydrogens is 579 g/mol. The first-order chi connectivity index (χ1) is 18.5. The Morgan fingerprint density at radius 2 is 1.98 bits per heavy atom. The number of aromatic nitrogens is 1. The number of carbonyl (C=O) groups excluding carboxylic acids is 1. The van der Waals surface area contributed by atoms with Crippen LogP contribution in [-0.4, -0.2) is 61.6 Å². The predicted molar refractivity (Wildman–Crippen MR) is 140 cm³/mol. The Kier molecular flexibility index (Phi) is 9.13. The fraction of sp³-hybridized carbons (Fsp3) is 0.542. The van der Waals surface area contributed by atoms with E-state index < -0.39 is 45.9 Å². The lowest BCUT2D eigenvalue weighted by Crippen LogP contribution is -2.45. The lowest BCUT2D eigenvalue weighted by atomic mass is 10.0. The molecule has 0 aliphatic carbocycles. The van der Waals surface area contributed by atoms with E-state index in [1.807, 2.05) is 0 Å². The fourth-order valence-corrected chi connectivity index (χ4v) is 6.41. The number of sulfonamides is 1. The monoisotopic (exact) mass is 609 g/mol. The number of halogens is 3. The van der Waals surface area contributed by atoms with Crippen LogP contribution in [0.3, 0.4) is 0 Å². The zero-order valence-corrected chi connectivity index (χ0v) is 24.0. The number of anilines is 2. The molecule has 1 aliphatic heterocycles. The third-order valence-corrected chi connectivity index (χ3v) is 8.86. The number of nitrogens with one attached hydrogen (secondary N) is 1. The van der Waals surface area contributed by atoms with E-state index in [4.69, 9.17) is 9.47 Å². The molecule has 2 heterocycles. The maximum atomic E-state index is 14.0. The smallest absolute Gasteiger partial charge is 0.427 e. The van der Waals surface area contributed by atoms with Crippen molar-refractivity contribution in [1.29, 1.82) is 0 Å². The molecule has 2 N–H and O–H groups in total. The van der Waals surface area contributed by atoms with Crippen molar-refractivity contribution in [2.24, 2.45) is 5.92 Å². The van der Waals surface area contributed by atoms with E-state index in [9.17, 15) is 36.3 Å². The van der Waals surface area contributed by atoms with E-state index in [0.29, 0.717) is 25.3 Å². The van der Waals surface area contributed by atoms with Gasteiger partial charge in [0.1, 0.15) is 11.9 Å². The Balaban J connectivity index is 2.03. The number of rotatable bonds is 10. The molecule has 0 unspecified atom stereocenters. The molecule has 0 saturated carbocycles. The predicted octanol–water partition coefficient (Wildman–Crippen LogP) is 5.06. The Morgan fingerprint density at radius 3 is 2.55 bits per heavy atom. The summed E-state index contributed by atoms with van der Waals surface area (Å²) in [5.74, 6) is -1.89. The first-order valence-electron chi connectivity index (χ1n) is 12.3. The van der Waals surface area contributed by atoms with Crippen LogP contribution in [0.15, 0.2) is 23.2 Å². The summed E-state index contributed by atoms with van der Waals surface area (Å²) < 4.78 is 84.3. The summed E-state index contributed by atoms with van der Waals surface area (Å²) in [5.41, 5.74) is -2.89. The Morgan fingerprint density at radius 1 is 1.30 bits per heavy atom. The number of ether oxygens (including phenoxy) is 3. The van der Waals surface area contributed by atoms with E-state index in [1.54, 1.807) is 13.8 Å². The summed E-state index contributed by atoms with van der Waals surface area (Å²) in [5, 5.41) is 11.8. The quantitative estimate of drug-likeness (QED) is 0.378. The van der Waals surface area contributed by atoms with Crippen molar-refractivity contribution in [1.82, 2.24) is 4.98 Å². The second-order valence-electron chi connectivity index (χ2n) is 9.44. The van der Waals surface area contributed by atoms with Gasteiger partial charge in [0.05, 0.1) is 29.8 Å². The minimum atomic E-state index is -4.83. The molecule has 0 bridgehead atoms. The van der Waals surface area contributed by atoms with Crippen molar-refractivity contribution in [3.63, 3.8) is 0 Å². The number of hydrogen-bond acceptors (Lipinski definition) is 9. The van der Waals surface area contributed by atoms with Crippen molar-refractivity contribution in [3.8, 4) is 10.8 Å². The fourth-order valence-electron chi connectivity index (χ4n) is 3.64. The van der Waals surface area contributed by atoms with Gasteiger partial charge in [-0.05, 0) is 51.8 Å². The van der Waals surface area contributed by atoms with E-state index in [1.165, 1.54) is 25.1 Å². The number of amides is 1. The summed E-state index contributed by atoms with van der Waals surface area (Å²) in [7, 11) is -4.41. The average molecular weight is 610 g/mol. The molecule has 0 fully saturated rings. The van der Waals surface area contributed by atoms with Gasteiger partial charge in [-0.1, -0.05) is 25.2 Å². The standard InChI is InChI=1S/C24H30F3N3O8S2/c1-6-18-29-19(21(39-18)36-7-2)40(34,35)30-12-15(10-13(3)20(31)32)37-17-9-8-14(11-16(17)30)28-22(33)38-23(4,5)24(25,26)27/h8-9,11,13,15H,6-7,10,12H2,1-5H3,(H,28,33)(H,31,32)/t13-,15-/m0/s1. The number of carboxylic acids is 1. The van der Waals surface area contributed by atoms with E-state index in [-0.39, 0.29) is 46.8 Å². The van der Waals surface area contributed by atoms with Crippen LogP contribution < -0.4 is 19.1 Å². The Bertz CT molecular complexity index is 1360. The number of nitrogens with zero attached hydrogens (tertiary/aromatic N) is 2. The molecule has 2 atom stereocenters. The van der Waals surface area contributed by atoms with Crippen molar-refractivity contribution in [2.75, 3.05) is 22.8 Å². The molecular formula is C24H30F3N3O8S2. The van der Waals surface area contributed by atoms with Crippen LogP contribution in [0, 0.1) is 5.92 Å². The lowest BCUT2D eigenvalue weighted by Gasteiger charge is -2.36. The van der Waals surface area contributed by atoms with Crippen molar-refractivity contribution in [3.05, 3.63) is 23.2 Å². The highest BCUT2D eigenvalue weighted by molar-refractivity contribution is 7.93. The van der Waals surface area contributed by atoms with Crippen LogP contribution in [0.2, 0.25) is 0 Å². The molecule has 2 aromatic rings. The third kappa shape index (κ3) is 6.71. The number of aliphatic carboxylic acids is 1. The highest BCUT2D eigenvalue weighted by Gasteiger charge is 2.51. The van der Waals surface area contributed by atoms with Crippen molar-refractivity contribution < 1.29 is 50.5 Å². The SMILES string of the molecule is CCOc1sc(CC)nc1S(=O)(=O)N1C[C@H](C[C@H](C)C(=O)O)Oc2ccc(NC(=O)OC(C)(C)C(F)(F)F)cc21. The highest BCUT2D eigenvalue weighted by atomic mass is 32.2. The molecule has 3 rings (SSSR count). The zero-order valence-electron chi connectivity index (χ0n) is 22.4. The van der Waals surface area contributed by atoms with Crippen LogP contribution >= 0.6 is 11.3 Å². The minimum Gasteiger partial charge on any atom is -0.486 e. The van der Waals surface area contributed by atoms with Crippen LogP contribution in [0.4, 0.5) is 29.3 Å². The lowest BCUT2D eigenvalue weighted by molar-refractivity contribution is -0.242.